The van der Waals surface area contributed by atoms with Crippen LogP contribution in [0, 0.1) is 12.8 Å². The molecule has 1 aliphatic heterocycles. The van der Waals surface area contributed by atoms with Crippen molar-refractivity contribution in [2.45, 2.75) is 71.4 Å². The van der Waals surface area contributed by atoms with Crippen LogP contribution in [-0.4, -0.2) is 30.1 Å². The van der Waals surface area contributed by atoms with Gasteiger partial charge in [-0.15, -0.1) is 0 Å². The third-order valence-electron chi connectivity index (χ3n) is 6.35. The van der Waals surface area contributed by atoms with Crippen molar-refractivity contribution in [3.8, 4) is 0 Å². The number of carbonyl (C=O) groups excluding carboxylic acids is 1. The molecule has 2 atom stereocenters. The minimum atomic E-state index is 0.0380. The van der Waals surface area contributed by atoms with Crippen LogP contribution in [0.25, 0.3) is 0 Å². The van der Waals surface area contributed by atoms with Gasteiger partial charge in [-0.25, -0.2) is 0 Å². The first-order valence-corrected chi connectivity index (χ1v) is 10.9. The molecule has 0 aliphatic carbocycles. The fraction of sp³-hybridized carbons (Fsp3) is 0.560. The van der Waals surface area contributed by atoms with Crippen molar-refractivity contribution >= 4 is 5.91 Å². The molecule has 2 aromatic rings. The molecule has 1 amide bonds. The van der Waals surface area contributed by atoms with Crippen LogP contribution in [0.4, 0.5) is 0 Å². The Kier molecular flexibility index (Phi) is 7.18. The normalized spacial score (nSPS) is 22.0. The topological polar surface area (TPSA) is 42.7 Å². The summed E-state index contributed by atoms with van der Waals surface area (Å²) in [5.74, 6) is 1.49. The number of hydrogen-bond donors (Lipinski definition) is 0. The highest BCUT2D eigenvalue weighted by Crippen LogP contribution is 2.42. The van der Waals surface area contributed by atoms with Gasteiger partial charge in [0, 0.05) is 25.0 Å². The summed E-state index contributed by atoms with van der Waals surface area (Å²) >= 11 is 0. The van der Waals surface area contributed by atoms with Crippen LogP contribution in [0.3, 0.4) is 0 Å². The molecule has 1 aliphatic rings. The van der Waals surface area contributed by atoms with Crippen LogP contribution in [0.1, 0.15) is 63.3 Å². The average Bonchev–Trinajstić information content (AvgIpc) is 3.24. The molecule has 1 aromatic carbocycles. The molecule has 3 rings (SSSR count). The minimum absolute atomic E-state index is 0.0380. The van der Waals surface area contributed by atoms with E-state index in [9.17, 15) is 4.79 Å². The van der Waals surface area contributed by atoms with Crippen LogP contribution in [-0.2, 0) is 21.5 Å². The van der Waals surface area contributed by atoms with E-state index in [1.807, 2.05) is 24.0 Å². The largest absolute Gasteiger partial charge is 0.467 e. The van der Waals surface area contributed by atoms with Crippen molar-refractivity contribution in [2.24, 2.45) is 5.92 Å². The van der Waals surface area contributed by atoms with Gasteiger partial charge in [-0.05, 0) is 49.8 Å². The smallest absolute Gasteiger partial charge is 0.222 e. The van der Waals surface area contributed by atoms with Crippen LogP contribution >= 0.6 is 0 Å². The third kappa shape index (κ3) is 5.30. The molecular weight excluding hydrogens is 362 g/mol. The number of rotatable bonds is 8. The average molecular weight is 398 g/mol. The second-order valence-corrected chi connectivity index (χ2v) is 8.75. The van der Waals surface area contributed by atoms with Gasteiger partial charge in [-0.3, -0.25) is 4.79 Å². The van der Waals surface area contributed by atoms with Gasteiger partial charge in [0.25, 0.3) is 0 Å². The molecule has 0 N–H and O–H groups in total. The molecule has 0 radical (unpaired) electrons. The van der Waals surface area contributed by atoms with E-state index >= 15 is 0 Å². The lowest BCUT2D eigenvalue weighted by Gasteiger charge is -2.44. The van der Waals surface area contributed by atoms with Crippen molar-refractivity contribution < 1.29 is 13.9 Å². The van der Waals surface area contributed by atoms with E-state index in [-0.39, 0.29) is 17.4 Å². The van der Waals surface area contributed by atoms with Gasteiger partial charge in [-0.1, -0.05) is 50.6 Å². The maximum atomic E-state index is 12.6. The summed E-state index contributed by atoms with van der Waals surface area (Å²) in [4.78, 5) is 14.6. The summed E-state index contributed by atoms with van der Waals surface area (Å²) in [7, 11) is 0. The van der Waals surface area contributed by atoms with E-state index in [1.54, 1.807) is 6.26 Å². The van der Waals surface area contributed by atoms with Gasteiger partial charge < -0.3 is 14.1 Å². The molecule has 1 aromatic heterocycles. The summed E-state index contributed by atoms with van der Waals surface area (Å²) in [5, 5.41) is 0. The number of hydrogen-bond acceptors (Lipinski definition) is 3. The predicted octanol–water partition coefficient (Wildman–Crippen LogP) is 5.49. The number of carbonyl (C=O) groups is 1. The molecule has 0 bridgehead atoms. The molecular formula is C25H35NO3. The zero-order valence-electron chi connectivity index (χ0n) is 18.3. The zero-order valence-corrected chi connectivity index (χ0v) is 18.3. The highest BCUT2D eigenvalue weighted by molar-refractivity contribution is 5.75. The molecule has 1 saturated heterocycles. The lowest BCUT2D eigenvalue weighted by molar-refractivity contribution is -0.132. The summed E-state index contributed by atoms with van der Waals surface area (Å²) < 4.78 is 11.6. The van der Waals surface area contributed by atoms with Gasteiger partial charge >= 0.3 is 0 Å². The Morgan fingerprint density at radius 2 is 2.00 bits per heavy atom. The van der Waals surface area contributed by atoms with Crippen molar-refractivity contribution in [3.05, 3.63) is 59.5 Å². The van der Waals surface area contributed by atoms with Crippen LogP contribution in [0.15, 0.2) is 47.1 Å². The molecule has 0 spiro atoms. The highest BCUT2D eigenvalue weighted by atomic mass is 16.5. The Morgan fingerprint density at radius 1 is 1.24 bits per heavy atom. The lowest BCUT2D eigenvalue weighted by Crippen LogP contribution is -2.43. The second kappa shape index (κ2) is 9.62. The summed E-state index contributed by atoms with van der Waals surface area (Å²) in [5.41, 5.74) is 2.69. The number of ether oxygens (including phenoxy) is 1. The fourth-order valence-corrected chi connectivity index (χ4v) is 4.38. The monoisotopic (exact) mass is 397 g/mol. The molecule has 1 fully saturated rings. The number of amides is 1. The molecule has 4 heteroatoms. The van der Waals surface area contributed by atoms with Crippen LogP contribution < -0.4 is 0 Å². The number of nitrogens with zero attached hydrogens (tertiary/aromatic N) is 1. The van der Waals surface area contributed by atoms with Crippen molar-refractivity contribution in [2.75, 3.05) is 13.2 Å². The van der Waals surface area contributed by atoms with E-state index < -0.39 is 0 Å². The third-order valence-corrected chi connectivity index (χ3v) is 6.35. The Labute approximate surface area is 175 Å². The van der Waals surface area contributed by atoms with Crippen molar-refractivity contribution in [1.82, 2.24) is 4.90 Å². The van der Waals surface area contributed by atoms with Gasteiger partial charge in [0.1, 0.15) is 5.76 Å². The van der Waals surface area contributed by atoms with E-state index in [4.69, 9.17) is 9.15 Å². The van der Waals surface area contributed by atoms with E-state index in [0.717, 1.165) is 38.2 Å². The number of benzene rings is 1. The fourth-order valence-electron chi connectivity index (χ4n) is 4.38. The Morgan fingerprint density at radius 3 is 2.62 bits per heavy atom. The standard InChI is InChI=1S/C25H35NO3/c1-5-24(27)26(18-22-7-6-15-28-22)14-12-25(21-10-8-20(4)9-11-21)13-16-29-23(17-25)19(2)3/h6-11,15,19,23H,5,12-14,16-18H2,1-4H3/t23-,25+/m1/s1. The van der Waals surface area contributed by atoms with Gasteiger partial charge in [0.05, 0.1) is 18.9 Å². The Hall–Kier alpha value is -2.07. The Balaban J connectivity index is 1.83. The first-order valence-electron chi connectivity index (χ1n) is 10.9. The van der Waals surface area contributed by atoms with E-state index in [1.165, 1.54) is 11.1 Å². The van der Waals surface area contributed by atoms with E-state index in [0.29, 0.717) is 18.9 Å². The molecule has 0 unspecified atom stereocenters. The summed E-state index contributed by atoms with van der Waals surface area (Å²) in [6.45, 7) is 10.6. The van der Waals surface area contributed by atoms with Crippen LogP contribution in [0.2, 0.25) is 0 Å². The Bertz CT molecular complexity index is 766. The predicted molar refractivity (Wildman–Crippen MR) is 116 cm³/mol. The van der Waals surface area contributed by atoms with Gasteiger partial charge in [0.15, 0.2) is 0 Å². The maximum Gasteiger partial charge on any atom is 0.222 e. The SMILES string of the molecule is CCC(=O)N(CC[C@]1(c2ccc(C)cc2)CCO[C@@H](C(C)C)C1)Cc1ccco1. The highest BCUT2D eigenvalue weighted by Gasteiger charge is 2.39. The lowest BCUT2D eigenvalue weighted by atomic mass is 9.68. The van der Waals surface area contributed by atoms with Crippen molar-refractivity contribution in [1.29, 1.82) is 0 Å². The summed E-state index contributed by atoms with van der Waals surface area (Å²) in [6, 6.07) is 12.8. The molecule has 2 heterocycles. The minimum Gasteiger partial charge on any atom is -0.467 e. The second-order valence-electron chi connectivity index (χ2n) is 8.75. The molecule has 0 saturated carbocycles. The maximum absolute atomic E-state index is 12.6. The molecule has 29 heavy (non-hydrogen) atoms. The summed E-state index contributed by atoms with van der Waals surface area (Å²) in [6.07, 6.45) is 5.37. The van der Waals surface area contributed by atoms with Gasteiger partial charge in [-0.2, -0.15) is 0 Å². The first kappa shape index (κ1) is 21.6. The zero-order chi connectivity index (χ0) is 20.9. The van der Waals surface area contributed by atoms with E-state index in [2.05, 4.69) is 45.0 Å². The molecule has 4 nitrogen and oxygen atoms in total. The quantitative estimate of drug-likeness (QED) is 0.591. The van der Waals surface area contributed by atoms with Gasteiger partial charge in [0.2, 0.25) is 5.91 Å². The van der Waals surface area contributed by atoms with Crippen molar-refractivity contribution in [3.63, 3.8) is 0 Å². The van der Waals surface area contributed by atoms with Crippen LogP contribution in [0.5, 0.6) is 0 Å². The number of aryl methyl sites for hydroxylation is 1. The number of furan rings is 1. The molecule has 158 valence electrons. The first-order chi connectivity index (χ1) is 13.9.